The van der Waals surface area contributed by atoms with Crippen LogP contribution in [-0.2, 0) is 0 Å². The summed E-state index contributed by atoms with van der Waals surface area (Å²) in [5.74, 6) is -0.195. The van der Waals surface area contributed by atoms with E-state index in [0.717, 1.165) is 5.57 Å². The maximum absolute atomic E-state index is 12.4. The van der Waals surface area contributed by atoms with Crippen molar-refractivity contribution in [3.63, 3.8) is 0 Å². The zero-order chi connectivity index (χ0) is 14.0. The van der Waals surface area contributed by atoms with Gasteiger partial charge in [0.1, 0.15) is 0 Å². The highest BCUT2D eigenvalue weighted by Crippen LogP contribution is 2.29. The van der Waals surface area contributed by atoms with E-state index in [9.17, 15) is 9.59 Å². The lowest BCUT2D eigenvalue weighted by Gasteiger charge is -2.19. The van der Waals surface area contributed by atoms with Crippen LogP contribution < -0.4 is 0 Å². The van der Waals surface area contributed by atoms with Crippen molar-refractivity contribution < 1.29 is 9.59 Å². The Labute approximate surface area is 112 Å². The van der Waals surface area contributed by atoms with Crippen LogP contribution in [0.25, 0.3) is 0 Å². The van der Waals surface area contributed by atoms with Crippen LogP contribution in [0.5, 0.6) is 0 Å². The Hall–Kier alpha value is -2.29. The molecule has 2 rings (SSSR count). The zero-order valence-corrected chi connectivity index (χ0v) is 11.0. The van der Waals surface area contributed by atoms with Crippen molar-refractivity contribution in [3.8, 4) is 0 Å². The van der Waals surface area contributed by atoms with E-state index in [1.54, 1.807) is 37.3 Å². The molecule has 0 unspecified atom stereocenters. The summed E-state index contributed by atoms with van der Waals surface area (Å²) in [5, 5.41) is 7.29. The fourth-order valence-corrected chi connectivity index (χ4v) is 2.20. The smallest absolute Gasteiger partial charge is 0.190 e. The van der Waals surface area contributed by atoms with Gasteiger partial charge in [0.05, 0.1) is 0 Å². The second kappa shape index (κ2) is 5.14. The number of hydrogen-bond donors (Lipinski definition) is 1. The summed E-state index contributed by atoms with van der Waals surface area (Å²) < 4.78 is 0. The van der Waals surface area contributed by atoms with Gasteiger partial charge in [-0.2, -0.15) is 0 Å². The van der Waals surface area contributed by atoms with E-state index >= 15 is 0 Å². The Morgan fingerprint density at radius 3 is 2.26 bits per heavy atom. The third-order valence-corrected chi connectivity index (χ3v) is 3.42. The van der Waals surface area contributed by atoms with E-state index < -0.39 is 0 Å². The number of rotatable bonds is 3. The van der Waals surface area contributed by atoms with Crippen molar-refractivity contribution in [3.05, 3.63) is 58.2 Å². The number of carbonyl (C=O) groups excluding carboxylic acids is 2. The summed E-state index contributed by atoms with van der Waals surface area (Å²) in [6.07, 6.45) is 3.34. The van der Waals surface area contributed by atoms with E-state index in [1.165, 1.54) is 6.21 Å². The molecule has 0 atom stereocenters. The molecule has 0 saturated heterocycles. The summed E-state index contributed by atoms with van der Waals surface area (Å²) in [6, 6.07) is 6.89. The van der Waals surface area contributed by atoms with Crippen LogP contribution in [0.3, 0.4) is 0 Å². The predicted octanol–water partition coefficient (Wildman–Crippen LogP) is 3.37. The van der Waals surface area contributed by atoms with E-state index in [0.29, 0.717) is 28.7 Å². The molecule has 0 aliphatic heterocycles. The van der Waals surface area contributed by atoms with Crippen LogP contribution >= 0.6 is 0 Å². The van der Waals surface area contributed by atoms with Gasteiger partial charge < -0.3 is 5.41 Å². The Morgan fingerprint density at radius 2 is 1.74 bits per heavy atom. The summed E-state index contributed by atoms with van der Waals surface area (Å²) >= 11 is 0. The van der Waals surface area contributed by atoms with Gasteiger partial charge in [0.2, 0.25) is 0 Å². The van der Waals surface area contributed by atoms with Crippen LogP contribution in [0.1, 0.15) is 41.0 Å². The topological polar surface area (TPSA) is 58.0 Å². The van der Waals surface area contributed by atoms with Gasteiger partial charge in [-0.3, -0.25) is 9.59 Å². The molecule has 19 heavy (non-hydrogen) atoms. The fraction of sp³-hybridized carbons (Fsp3) is 0.188. The third kappa shape index (κ3) is 2.19. The molecular weight excluding hydrogens is 238 g/mol. The Balaban J connectivity index is 2.51. The minimum Gasteiger partial charge on any atom is -0.308 e. The molecule has 96 valence electrons. The number of carbonyl (C=O) groups is 2. The molecular formula is C16H15NO2. The van der Waals surface area contributed by atoms with E-state index in [1.807, 2.05) is 6.92 Å². The number of allylic oxidation sites excluding steroid dienone is 4. The first-order chi connectivity index (χ1) is 9.10. The van der Waals surface area contributed by atoms with Crippen molar-refractivity contribution in [2.24, 2.45) is 0 Å². The van der Waals surface area contributed by atoms with Crippen LogP contribution in [0.15, 0.2) is 47.1 Å². The average molecular weight is 253 g/mol. The molecule has 0 saturated carbocycles. The van der Waals surface area contributed by atoms with Gasteiger partial charge in [0.15, 0.2) is 11.6 Å². The maximum atomic E-state index is 12.4. The van der Waals surface area contributed by atoms with Gasteiger partial charge in [-0.15, -0.1) is 0 Å². The molecule has 0 amide bonds. The molecule has 1 aliphatic rings. The number of benzene rings is 1. The quantitative estimate of drug-likeness (QED) is 0.839. The highest BCUT2D eigenvalue weighted by Gasteiger charge is 2.29. The van der Waals surface area contributed by atoms with Crippen molar-refractivity contribution in [1.29, 1.82) is 5.41 Å². The number of hydrogen-bond acceptors (Lipinski definition) is 3. The van der Waals surface area contributed by atoms with Gasteiger partial charge in [-0.05, 0) is 19.4 Å². The van der Waals surface area contributed by atoms with Gasteiger partial charge in [0, 0.05) is 34.9 Å². The van der Waals surface area contributed by atoms with Crippen molar-refractivity contribution >= 4 is 17.8 Å². The van der Waals surface area contributed by atoms with Gasteiger partial charge in [-0.25, -0.2) is 0 Å². The molecule has 1 aliphatic carbocycles. The predicted molar refractivity (Wildman–Crippen MR) is 75.0 cm³/mol. The molecule has 3 nitrogen and oxygen atoms in total. The van der Waals surface area contributed by atoms with E-state index in [4.69, 9.17) is 5.41 Å². The largest absolute Gasteiger partial charge is 0.308 e. The highest BCUT2D eigenvalue weighted by molar-refractivity contribution is 6.26. The molecule has 0 fully saturated rings. The lowest BCUT2D eigenvalue weighted by atomic mass is 9.82. The van der Waals surface area contributed by atoms with Crippen LogP contribution in [0.4, 0.5) is 0 Å². The SMILES string of the molecule is C/C=C(\C=N)CC1=C(C)C(=O)c2ccccc2C1=O. The number of Topliss-reactive ketones (excluding diaryl/α,β-unsaturated/α-hetero) is 2. The second-order valence-corrected chi connectivity index (χ2v) is 4.49. The van der Waals surface area contributed by atoms with Gasteiger partial charge in [0.25, 0.3) is 0 Å². The molecule has 0 bridgehead atoms. The standard InChI is InChI=1S/C16H15NO2/c1-3-11(9-17)8-14-10(2)15(18)12-6-4-5-7-13(12)16(14)19/h3-7,9,17H,8H2,1-2H3/b11-3-,17-9?. The van der Waals surface area contributed by atoms with Crippen LogP contribution in [0.2, 0.25) is 0 Å². The molecule has 1 aromatic rings. The minimum absolute atomic E-state index is 0.0920. The molecule has 1 aromatic carbocycles. The average Bonchev–Trinajstić information content (AvgIpc) is 2.45. The minimum atomic E-state index is -0.103. The lowest BCUT2D eigenvalue weighted by Crippen LogP contribution is -2.21. The van der Waals surface area contributed by atoms with Crippen molar-refractivity contribution in [2.75, 3.05) is 0 Å². The fourth-order valence-electron chi connectivity index (χ4n) is 2.20. The first-order valence-electron chi connectivity index (χ1n) is 6.14. The summed E-state index contributed by atoms with van der Waals surface area (Å²) in [6.45, 7) is 3.50. The number of fused-ring (bicyclic) bond motifs is 1. The monoisotopic (exact) mass is 253 g/mol. The summed E-state index contributed by atoms with van der Waals surface area (Å²) in [7, 11) is 0. The van der Waals surface area contributed by atoms with Crippen molar-refractivity contribution in [2.45, 2.75) is 20.3 Å². The number of ketones is 2. The summed E-state index contributed by atoms with van der Waals surface area (Å²) in [5.41, 5.74) is 2.67. The number of nitrogens with one attached hydrogen (secondary N) is 1. The molecule has 0 heterocycles. The van der Waals surface area contributed by atoms with E-state index in [-0.39, 0.29) is 11.6 Å². The lowest BCUT2D eigenvalue weighted by molar-refractivity contribution is 0.0973. The molecule has 0 radical (unpaired) electrons. The molecule has 1 N–H and O–H groups in total. The normalized spacial score (nSPS) is 15.6. The third-order valence-electron chi connectivity index (χ3n) is 3.42. The Kier molecular flexibility index (Phi) is 3.56. The van der Waals surface area contributed by atoms with Crippen LogP contribution in [-0.4, -0.2) is 17.8 Å². The first kappa shape index (κ1) is 13.1. The Bertz CT molecular complexity index is 636. The summed E-state index contributed by atoms with van der Waals surface area (Å²) in [4.78, 5) is 24.7. The highest BCUT2D eigenvalue weighted by atomic mass is 16.1. The molecule has 0 aromatic heterocycles. The second-order valence-electron chi connectivity index (χ2n) is 4.49. The first-order valence-corrected chi connectivity index (χ1v) is 6.14. The molecule has 3 heteroatoms. The molecule has 0 spiro atoms. The zero-order valence-electron chi connectivity index (χ0n) is 11.0. The van der Waals surface area contributed by atoms with Gasteiger partial charge in [-0.1, -0.05) is 30.3 Å². The van der Waals surface area contributed by atoms with Crippen LogP contribution in [0, 0.1) is 5.41 Å². The Morgan fingerprint density at radius 1 is 1.16 bits per heavy atom. The van der Waals surface area contributed by atoms with Crippen molar-refractivity contribution in [1.82, 2.24) is 0 Å². The van der Waals surface area contributed by atoms with Gasteiger partial charge >= 0.3 is 0 Å². The maximum Gasteiger partial charge on any atom is 0.190 e. The van der Waals surface area contributed by atoms with E-state index in [2.05, 4.69) is 0 Å².